The average Bonchev–Trinajstić information content (AvgIpc) is 2.70. The Kier molecular flexibility index (Phi) is 8.04. The van der Waals surface area contributed by atoms with Gasteiger partial charge in [-0.3, -0.25) is 4.79 Å². The Morgan fingerprint density at radius 1 is 1.03 bits per heavy atom. The predicted octanol–water partition coefficient (Wildman–Crippen LogP) is 3.19. The van der Waals surface area contributed by atoms with Crippen LogP contribution in [0, 0.1) is 0 Å². The number of hydrogen-bond acceptors (Lipinski definition) is 5. The van der Waals surface area contributed by atoms with E-state index in [9.17, 15) is 13.2 Å². The number of hydrogen-bond donors (Lipinski definition) is 1. The van der Waals surface area contributed by atoms with Crippen LogP contribution < -0.4 is 15.0 Å². The Balaban J connectivity index is 2.24. The molecular formula is C21H29N3O4S. The first kappa shape index (κ1) is 22.7. The molecule has 0 bridgehead atoms. The van der Waals surface area contributed by atoms with Crippen LogP contribution in [0.1, 0.15) is 20.8 Å². The van der Waals surface area contributed by atoms with E-state index in [1.807, 2.05) is 42.3 Å². The fourth-order valence-corrected chi connectivity index (χ4v) is 4.57. The highest BCUT2D eigenvalue weighted by Gasteiger charge is 2.26. The van der Waals surface area contributed by atoms with E-state index in [0.29, 0.717) is 25.4 Å². The van der Waals surface area contributed by atoms with Crippen LogP contribution in [-0.4, -0.2) is 51.9 Å². The van der Waals surface area contributed by atoms with Crippen LogP contribution >= 0.6 is 0 Å². The molecule has 0 aliphatic carbocycles. The number of para-hydroxylation sites is 1. The van der Waals surface area contributed by atoms with E-state index in [1.54, 1.807) is 32.9 Å². The normalized spacial score (nSPS) is 11.3. The van der Waals surface area contributed by atoms with E-state index in [1.165, 1.54) is 10.4 Å². The Labute approximate surface area is 173 Å². The van der Waals surface area contributed by atoms with Gasteiger partial charge in [0.25, 0.3) is 0 Å². The molecule has 0 aliphatic rings. The zero-order valence-electron chi connectivity index (χ0n) is 17.4. The van der Waals surface area contributed by atoms with Gasteiger partial charge in [-0.15, -0.1) is 0 Å². The molecule has 1 amide bonds. The first-order valence-corrected chi connectivity index (χ1v) is 11.1. The van der Waals surface area contributed by atoms with Crippen molar-refractivity contribution in [2.45, 2.75) is 25.7 Å². The van der Waals surface area contributed by atoms with Crippen molar-refractivity contribution in [2.75, 3.05) is 43.5 Å². The van der Waals surface area contributed by atoms with Gasteiger partial charge in [0.15, 0.2) is 0 Å². The van der Waals surface area contributed by atoms with Gasteiger partial charge in [-0.2, -0.15) is 4.31 Å². The van der Waals surface area contributed by atoms with Crippen LogP contribution in [0.5, 0.6) is 5.75 Å². The Bertz CT molecular complexity index is 913. The minimum atomic E-state index is -3.73. The quantitative estimate of drug-likeness (QED) is 0.640. The van der Waals surface area contributed by atoms with Gasteiger partial charge in [-0.1, -0.05) is 32.0 Å². The molecule has 0 unspecified atom stereocenters. The zero-order chi connectivity index (χ0) is 21.4. The van der Waals surface area contributed by atoms with Gasteiger partial charge >= 0.3 is 0 Å². The summed E-state index contributed by atoms with van der Waals surface area (Å²) in [5.41, 5.74) is 1.32. The first-order valence-electron chi connectivity index (χ1n) is 9.66. The molecule has 8 heteroatoms. The minimum Gasteiger partial charge on any atom is -0.492 e. The molecule has 0 atom stereocenters. The number of anilines is 2. The fraction of sp³-hybridized carbons (Fsp3) is 0.381. The van der Waals surface area contributed by atoms with Crippen LogP contribution in [0.25, 0.3) is 0 Å². The summed E-state index contributed by atoms with van der Waals surface area (Å²) in [5, 5.41) is 2.78. The fourth-order valence-electron chi connectivity index (χ4n) is 2.95. The van der Waals surface area contributed by atoms with Gasteiger partial charge in [0, 0.05) is 31.5 Å². The van der Waals surface area contributed by atoms with Gasteiger partial charge in [0.05, 0.1) is 13.2 Å². The average molecular weight is 420 g/mol. The van der Waals surface area contributed by atoms with E-state index < -0.39 is 10.0 Å². The lowest BCUT2D eigenvalue weighted by Gasteiger charge is -2.21. The summed E-state index contributed by atoms with van der Waals surface area (Å²) in [6.45, 7) is 6.54. The maximum Gasteiger partial charge on any atom is 0.246 e. The summed E-state index contributed by atoms with van der Waals surface area (Å²) in [6, 6.07) is 14.2. The van der Waals surface area contributed by atoms with Crippen molar-refractivity contribution in [2.24, 2.45) is 0 Å². The van der Waals surface area contributed by atoms with Gasteiger partial charge in [-0.05, 0) is 37.3 Å². The summed E-state index contributed by atoms with van der Waals surface area (Å²) in [5.74, 6) is 0.0329. The van der Waals surface area contributed by atoms with E-state index in [4.69, 9.17) is 4.74 Å². The van der Waals surface area contributed by atoms with Crippen molar-refractivity contribution < 1.29 is 17.9 Å². The third kappa shape index (κ3) is 5.71. The molecule has 158 valence electrons. The number of carbonyl (C=O) groups is 1. The molecule has 0 fully saturated rings. The first-order chi connectivity index (χ1) is 13.8. The molecule has 0 saturated heterocycles. The van der Waals surface area contributed by atoms with E-state index in [-0.39, 0.29) is 23.1 Å². The summed E-state index contributed by atoms with van der Waals surface area (Å²) < 4.78 is 32.9. The third-order valence-electron chi connectivity index (χ3n) is 4.43. The van der Waals surface area contributed by atoms with Crippen LogP contribution in [0.4, 0.5) is 11.4 Å². The number of likely N-dealkylation sites (N-methyl/N-ethyl adjacent to an activating group) is 1. The van der Waals surface area contributed by atoms with E-state index in [0.717, 1.165) is 5.69 Å². The number of benzene rings is 2. The smallest absolute Gasteiger partial charge is 0.246 e. The monoisotopic (exact) mass is 419 g/mol. The Morgan fingerprint density at radius 3 is 2.28 bits per heavy atom. The van der Waals surface area contributed by atoms with Gasteiger partial charge < -0.3 is 15.0 Å². The van der Waals surface area contributed by atoms with Crippen molar-refractivity contribution in [1.82, 2.24) is 4.31 Å². The number of ether oxygens (including phenoxy) is 1. The molecule has 1 N–H and O–H groups in total. The SMILES string of the molecule is CCOc1ccc(NC(=O)CN(C)c2ccccc2)cc1S(=O)(=O)N(CC)CC. The lowest BCUT2D eigenvalue weighted by Crippen LogP contribution is -2.31. The van der Waals surface area contributed by atoms with E-state index >= 15 is 0 Å². The van der Waals surface area contributed by atoms with Crippen molar-refractivity contribution in [3.05, 3.63) is 48.5 Å². The molecular weight excluding hydrogens is 390 g/mol. The molecule has 0 radical (unpaired) electrons. The number of sulfonamides is 1. The standard InChI is InChI=1S/C21H29N3O4S/c1-5-24(6-2)29(26,27)20-15-17(13-14-19(20)28-7-3)22-21(25)16-23(4)18-11-9-8-10-12-18/h8-15H,5-7,16H2,1-4H3,(H,22,25). The highest BCUT2D eigenvalue weighted by molar-refractivity contribution is 7.89. The highest BCUT2D eigenvalue weighted by atomic mass is 32.2. The largest absolute Gasteiger partial charge is 0.492 e. The summed E-state index contributed by atoms with van der Waals surface area (Å²) in [6.07, 6.45) is 0. The molecule has 0 saturated carbocycles. The Hall–Kier alpha value is -2.58. The number of rotatable bonds is 10. The van der Waals surface area contributed by atoms with Gasteiger partial charge in [-0.25, -0.2) is 8.42 Å². The second kappa shape index (κ2) is 10.3. The lowest BCUT2D eigenvalue weighted by atomic mass is 10.3. The van der Waals surface area contributed by atoms with Gasteiger partial charge in [0.2, 0.25) is 15.9 Å². The molecule has 0 aliphatic heterocycles. The number of nitrogens with zero attached hydrogens (tertiary/aromatic N) is 2. The predicted molar refractivity (Wildman–Crippen MR) is 116 cm³/mol. The van der Waals surface area contributed by atoms with Crippen LogP contribution in [0.15, 0.2) is 53.4 Å². The number of amides is 1. The maximum absolute atomic E-state index is 13.0. The topological polar surface area (TPSA) is 79.0 Å². The summed E-state index contributed by atoms with van der Waals surface area (Å²) >= 11 is 0. The van der Waals surface area contributed by atoms with Crippen LogP contribution in [0.3, 0.4) is 0 Å². The van der Waals surface area contributed by atoms with Crippen molar-refractivity contribution >= 4 is 27.3 Å². The van der Waals surface area contributed by atoms with Gasteiger partial charge in [0.1, 0.15) is 10.6 Å². The molecule has 2 aromatic carbocycles. The lowest BCUT2D eigenvalue weighted by molar-refractivity contribution is -0.114. The Morgan fingerprint density at radius 2 is 1.69 bits per heavy atom. The third-order valence-corrected chi connectivity index (χ3v) is 6.50. The summed E-state index contributed by atoms with van der Waals surface area (Å²) in [4.78, 5) is 14.3. The highest BCUT2D eigenvalue weighted by Crippen LogP contribution is 2.30. The van der Waals surface area contributed by atoms with Crippen molar-refractivity contribution in [1.29, 1.82) is 0 Å². The summed E-state index contributed by atoms with van der Waals surface area (Å²) in [7, 11) is -1.91. The second-order valence-corrected chi connectivity index (χ2v) is 8.33. The number of carbonyl (C=O) groups excluding carboxylic acids is 1. The molecule has 0 aromatic heterocycles. The molecule has 0 spiro atoms. The molecule has 29 heavy (non-hydrogen) atoms. The van der Waals surface area contributed by atoms with E-state index in [2.05, 4.69) is 5.32 Å². The van der Waals surface area contributed by atoms with Crippen LogP contribution in [0.2, 0.25) is 0 Å². The number of nitrogens with one attached hydrogen (secondary N) is 1. The second-order valence-electron chi connectivity index (χ2n) is 6.42. The molecule has 2 aromatic rings. The van der Waals surface area contributed by atoms with Crippen LogP contribution in [-0.2, 0) is 14.8 Å². The zero-order valence-corrected chi connectivity index (χ0v) is 18.2. The minimum absolute atomic E-state index is 0.0530. The molecule has 2 rings (SSSR count). The van der Waals surface area contributed by atoms with Crippen molar-refractivity contribution in [3.63, 3.8) is 0 Å². The maximum atomic E-state index is 13.0. The molecule has 7 nitrogen and oxygen atoms in total. The molecule has 0 heterocycles. The van der Waals surface area contributed by atoms with Crippen molar-refractivity contribution in [3.8, 4) is 5.75 Å².